The van der Waals surface area contributed by atoms with Crippen LogP contribution >= 0.6 is 0 Å². The summed E-state index contributed by atoms with van der Waals surface area (Å²) in [4.78, 5) is 4.69. The number of aliphatic hydroxyl groups excluding tert-OH is 1. The number of benzene rings is 1. The van der Waals surface area contributed by atoms with Gasteiger partial charge in [-0.25, -0.2) is 4.98 Å². The number of aryl methyl sites for hydroxylation is 1. The summed E-state index contributed by atoms with van der Waals surface area (Å²) in [5.41, 5.74) is 2.17. The van der Waals surface area contributed by atoms with Gasteiger partial charge in [0.15, 0.2) is 0 Å². The van der Waals surface area contributed by atoms with E-state index in [0.717, 1.165) is 22.8 Å². The Balaban J connectivity index is 1.73. The van der Waals surface area contributed by atoms with E-state index >= 15 is 0 Å². The number of hydrogen-bond acceptors (Lipinski definition) is 2. The summed E-state index contributed by atoms with van der Waals surface area (Å²) in [7, 11) is 2.05. The molecule has 0 spiro atoms. The molecule has 1 N–H and O–H groups in total. The van der Waals surface area contributed by atoms with Gasteiger partial charge in [0.2, 0.25) is 0 Å². The van der Waals surface area contributed by atoms with Crippen molar-refractivity contribution in [2.45, 2.75) is 51.6 Å². The molecule has 3 unspecified atom stereocenters. The molecule has 1 aromatic heterocycles. The molecule has 2 aromatic rings. The number of hydrogen-bond donors (Lipinski definition) is 1. The molecule has 0 radical (unpaired) electrons. The molecule has 3 atom stereocenters. The molecule has 1 aliphatic carbocycles. The zero-order chi connectivity index (χ0) is 14.8. The van der Waals surface area contributed by atoms with Gasteiger partial charge in [-0.1, -0.05) is 38.3 Å². The molecule has 1 aliphatic rings. The van der Waals surface area contributed by atoms with Crippen LogP contribution in [0.15, 0.2) is 24.3 Å². The molecular weight excluding hydrogens is 260 g/mol. The van der Waals surface area contributed by atoms with Crippen molar-refractivity contribution in [3.8, 4) is 0 Å². The molecule has 0 amide bonds. The van der Waals surface area contributed by atoms with Crippen molar-refractivity contribution in [3.63, 3.8) is 0 Å². The van der Waals surface area contributed by atoms with E-state index in [2.05, 4.69) is 22.5 Å². The number of nitrogens with zero attached hydrogens (tertiary/aromatic N) is 2. The lowest BCUT2D eigenvalue weighted by Gasteiger charge is -2.31. The Labute approximate surface area is 127 Å². The molecule has 114 valence electrons. The summed E-state index contributed by atoms with van der Waals surface area (Å²) in [5, 5.41) is 10.6. The second-order valence-corrected chi connectivity index (χ2v) is 6.55. The van der Waals surface area contributed by atoms with Gasteiger partial charge < -0.3 is 9.67 Å². The highest BCUT2D eigenvalue weighted by atomic mass is 16.3. The molecular formula is C18H26N2O. The second kappa shape index (κ2) is 6.18. The molecule has 1 fully saturated rings. The fourth-order valence-corrected chi connectivity index (χ4v) is 3.78. The van der Waals surface area contributed by atoms with Gasteiger partial charge in [0, 0.05) is 13.5 Å². The topological polar surface area (TPSA) is 38.1 Å². The van der Waals surface area contributed by atoms with Gasteiger partial charge in [-0.3, -0.25) is 0 Å². The van der Waals surface area contributed by atoms with Crippen molar-refractivity contribution in [2.24, 2.45) is 18.9 Å². The van der Waals surface area contributed by atoms with Crippen molar-refractivity contribution >= 4 is 11.0 Å². The minimum absolute atomic E-state index is 0.255. The Morgan fingerprint density at radius 3 is 2.90 bits per heavy atom. The van der Waals surface area contributed by atoms with Gasteiger partial charge in [-0.15, -0.1) is 0 Å². The van der Waals surface area contributed by atoms with E-state index in [9.17, 15) is 5.11 Å². The predicted octanol–water partition coefficient (Wildman–Crippen LogP) is 3.69. The van der Waals surface area contributed by atoms with Gasteiger partial charge in [-0.2, -0.15) is 0 Å². The van der Waals surface area contributed by atoms with E-state index in [-0.39, 0.29) is 6.10 Å². The summed E-state index contributed by atoms with van der Waals surface area (Å²) >= 11 is 0. The average molecular weight is 286 g/mol. The first-order valence-corrected chi connectivity index (χ1v) is 8.27. The quantitative estimate of drug-likeness (QED) is 0.930. The van der Waals surface area contributed by atoms with Crippen molar-refractivity contribution in [3.05, 3.63) is 30.1 Å². The summed E-state index contributed by atoms with van der Waals surface area (Å²) in [5.74, 6) is 2.25. The highest BCUT2D eigenvalue weighted by Crippen LogP contribution is 2.33. The highest BCUT2D eigenvalue weighted by molar-refractivity contribution is 5.75. The third-order valence-corrected chi connectivity index (χ3v) is 5.22. The molecule has 21 heavy (non-hydrogen) atoms. The van der Waals surface area contributed by atoms with Crippen LogP contribution in [0, 0.1) is 11.8 Å². The van der Waals surface area contributed by atoms with Crippen LogP contribution in [0.4, 0.5) is 0 Å². The van der Waals surface area contributed by atoms with Crippen molar-refractivity contribution < 1.29 is 5.11 Å². The van der Waals surface area contributed by atoms with E-state index in [4.69, 9.17) is 0 Å². The predicted molar refractivity (Wildman–Crippen MR) is 86.2 cm³/mol. The normalized spacial score (nSPS) is 24.3. The maximum atomic E-state index is 10.6. The standard InChI is InChI=1S/C18H26N2O/c1-3-13-7-6-8-14(11-13)17(21)12-18-19-15-9-4-5-10-16(15)20(18)2/h4-5,9-10,13-14,17,21H,3,6-8,11-12H2,1-2H3. The smallest absolute Gasteiger partial charge is 0.112 e. The molecule has 0 bridgehead atoms. The molecule has 0 aliphatic heterocycles. The van der Waals surface area contributed by atoms with E-state index in [1.807, 2.05) is 25.2 Å². The number of imidazole rings is 1. The number of rotatable bonds is 4. The van der Waals surface area contributed by atoms with Gasteiger partial charge in [0.25, 0.3) is 0 Å². The monoisotopic (exact) mass is 286 g/mol. The Morgan fingerprint density at radius 2 is 2.14 bits per heavy atom. The van der Waals surface area contributed by atoms with Crippen LogP contribution in [-0.2, 0) is 13.5 Å². The van der Waals surface area contributed by atoms with Gasteiger partial charge in [0.1, 0.15) is 5.82 Å². The van der Waals surface area contributed by atoms with E-state index in [1.54, 1.807) is 0 Å². The minimum Gasteiger partial charge on any atom is -0.392 e. The second-order valence-electron chi connectivity index (χ2n) is 6.55. The largest absolute Gasteiger partial charge is 0.392 e. The Kier molecular flexibility index (Phi) is 4.29. The van der Waals surface area contributed by atoms with Crippen LogP contribution < -0.4 is 0 Å². The van der Waals surface area contributed by atoms with Crippen LogP contribution in [-0.4, -0.2) is 20.8 Å². The van der Waals surface area contributed by atoms with Gasteiger partial charge in [-0.05, 0) is 36.8 Å². The first-order chi connectivity index (χ1) is 10.2. The number of aromatic nitrogens is 2. The molecule has 1 aromatic carbocycles. The summed E-state index contributed by atoms with van der Waals surface area (Å²) in [6, 6.07) is 8.19. The zero-order valence-electron chi connectivity index (χ0n) is 13.1. The summed E-state index contributed by atoms with van der Waals surface area (Å²) in [6.07, 6.45) is 6.62. The summed E-state index contributed by atoms with van der Waals surface area (Å²) < 4.78 is 2.12. The molecule has 1 saturated carbocycles. The van der Waals surface area contributed by atoms with E-state index < -0.39 is 0 Å². The molecule has 0 saturated heterocycles. The van der Waals surface area contributed by atoms with E-state index in [1.165, 1.54) is 32.1 Å². The maximum absolute atomic E-state index is 10.6. The third kappa shape index (κ3) is 2.98. The van der Waals surface area contributed by atoms with Crippen LogP contribution in [0.2, 0.25) is 0 Å². The van der Waals surface area contributed by atoms with Gasteiger partial charge in [0.05, 0.1) is 17.1 Å². The molecule has 3 rings (SSSR count). The minimum atomic E-state index is -0.255. The van der Waals surface area contributed by atoms with Crippen molar-refractivity contribution in [1.82, 2.24) is 9.55 Å². The number of para-hydroxylation sites is 2. The number of fused-ring (bicyclic) bond motifs is 1. The fourth-order valence-electron chi connectivity index (χ4n) is 3.78. The van der Waals surface area contributed by atoms with Crippen LogP contribution in [0.25, 0.3) is 11.0 Å². The first kappa shape index (κ1) is 14.6. The maximum Gasteiger partial charge on any atom is 0.112 e. The Morgan fingerprint density at radius 1 is 1.33 bits per heavy atom. The molecule has 3 heteroatoms. The van der Waals surface area contributed by atoms with Crippen LogP contribution in [0.5, 0.6) is 0 Å². The summed E-state index contributed by atoms with van der Waals surface area (Å²) in [6.45, 7) is 2.27. The molecule has 1 heterocycles. The Hall–Kier alpha value is -1.35. The first-order valence-electron chi connectivity index (χ1n) is 8.27. The average Bonchev–Trinajstić information content (AvgIpc) is 2.84. The van der Waals surface area contributed by atoms with Gasteiger partial charge >= 0.3 is 0 Å². The zero-order valence-corrected chi connectivity index (χ0v) is 13.1. The van der Waals surface area contributed by atoms with Crippen LogP contribution in [0.1, 0.15) is 44.9 Å². The van der Waals surface area contributed by atoms with E-state index in [0.29, 0.717) is 12.3 Å². The third-order valence-electron chi connectivity index (χ3n) is 5.22. The highest BCUT2D eigenvalue weighted by Gasteiger charge is 2.27. The lowest BCUT2D eigenvalue weighted by atomic mass is 9.77. The van der Waals surface area contributed by atoms with Crippen molar-refractivity contribution in [2.75, 3.05) is 0 Å². The fraction of sp³-hybridized carbons (Fsp3) is 0.611. The number of aliphatic hydroxyl groups is 1. The van der Waals surface area contributed by atoms with Crippen molar-refractivity contribution in [1.29, 1.82) is 0 Å². The Bertz CT molecular complexity index is 604. The lowest BCUT2D eigenvalue weighted by Crippen LogP contribution is -2.29. The SMILES string of the molecule is CCC1CCCC(C(O)Cc2nc3ccccc3n2C)C1. The molecule has 3 nitrogen and oxygen atoms in total. The van der Waals surface area contributed by atoms with Crippen LogP contribution in [0.3, 0.4) is 0 Å². The lowest BCUT2D eigenvalue weighted by molar-refractivity contribution is 0.0666.